The van der Waals surface area contributed by atoms with Gasteiger partial charge < -0.3 is 5.32 Å². The second-order valence-corrected chi connectivity index (χ2v) is 7.54. The molecule has 0 radical (unpaired) electrons. The van der Waals surface area contributed by atoms with Gasteiger partial charge in [-0.2, -0.15) is 0 Å². The average Bonchev–Trinajstić information content (AvgIpc) is 3.01. The summed E-state index contributed by atoms with van der Waals surface area (Å²) in [5.74, 6) is -0.538. The number of hydrogen-bond donors (Lipinski definition) is 1. The van der Waals surface area contributed by atoms with Crippen molar-refractivity contribution in [2.75, 3.05) is 5.32 Å². The van der Waals surface area contributed by atoms with Gasteiger partial charge >= 0.3 is 0 Å². The van der Waals surface area contributed by atoms with Crippen LogP contribution in [-0.2, 0) is 9.59 Å². The molecule has 1 saturated heterocycles. The number of anilines is 1. The lowest BCUT2D eigenvalue weighted by molar-refractivity contribution is -0.128. The molecule has 5 heteroatoms. The van der Waals surface area contributed by atoms with Gasteiger partial charge in [0.05, 0.1) is 17.0 Å². The second-order valence-electron chi connectivity index (χ2n) is 6.58. The minimum absolute atomic E-state index is 0.302. The number of thioether (sulfide) groups is 1. The highest BCUT2D eigenvalue weighted by atomic mass is 32.2. The molecule has 0 amide bonds. The maximum atomic E-state index is 12.8. The molecule has 0 spiro atoms. The molecule has 1 heterocycles. The Morgan fingerprint density at radius 3 is 2.10 bits per heavy atom. The third-order valence-corrected chi connectivity index (χ3v) is 5.30. The van der Waals surface area contributed by atoms with Crippen LogP contribution in [0.1, 0.15) is 11.1 Å². The zero-order valence-electron chi connectivity index (χ0n) is 15.8. The van der Waals surface area contributed by atoms with E-state index in [0.29, 0.717) is 22.0 Å². The van der Waals surface area contributed by atoms with E-state index in [-0.39, 0.29) is 0 Å². The van der Waals surface area contributed by atoms with E-state index in [0.717, 1.165) is 28.6 Å². The van der Waals surface area contributed by atoms with E-state index >= 15 is 0 Å². The number of carbonyl (C=O) groups is 2. The summed E-state index contributed by atoms with van der Waals surface area (Å²) in [4.78, 5) is 29.7. The summed E-state index contributed by atoms with van der Waals surface area (Å²) in [5.41, 5.74) is 4.33. The van der Waals surface area contributed by atoms with Crippen molar-refractivity contribution in [2.24, 2.45) is 4.99 Å². The molecule has 3 aromatic rings. The zero-order valence-corrected chi connectivity index (χ0v) is 16.6. The number of para-hydroxylation sites is 2. The molecule has 0 aliphatic carbocycles. The number of aryl methyl sites for hydroxylation is 1. The molecule has 4 rings (SSSR count). The molecule has 4 nitrogen and oxygen atoms in total. The lowest BCUT2D eigenvalue weighted by Gasteiger charge is -2.14. The smallest absolute Gasteiger partial charge is 0.266 e. The Bertz CT molecular complexity index is 1120. The zero-order chi connectivity index (χ0) is 20.2. The van der Waals surface area contributed by atoms with Gasteiger partial charge in [0, 0.05) is 5.69 Å². The first kappa shape index (κ1) is 18.9. The van der Waals surface area contributed by atoms with Gasteiger partial charge in [-0.3, -0.25) is 9.59 Å². The Kier molecular flexibility index (Phi) is 5.40. The maximum absolute atomic E-state index is 12.8. The van der Waals surface area contributed by atoms with Gasteiger partial charge in [-0.1, -0.05) is 66.2 Å². The van der Waals surface area contributed by atoms with Crippen LogP contribution in [0.15, 0.2) is 95.5 Å². The summed E-state index contributed by atoms with van der Waals surface area (Å²) in [7, 11) is 0. The summed E-state index contributed by atoms with van der Waals surface area (Å²) in [6, 6.07) is 26.7. The van der Waals surface area contributed by atoms with Crippen LogP contribution in [0, 0.1) is 6.92 Å². The molecule has 29 heavy (non-hydrogen) atoms. The number of benzene rings is 3. The Morgan fingerprint density at radius 2 is 1.45 bits per heavy atom. The largest absolute Gasteiger partial charge is 0.354 e. The monoisotopic (exact) mass is 398 g/mol. The molecule has 0 unspecified atom stereocenters. The van der Waals surface area contributed by atoms with Gasteiger partial charge in [-0.15, -0.1) is 0 Å². The van der Waals surface area contributed by atoms with Gasteiger partial charge in [0.2, 0.25) is 5.78 Å². The van der Waals surface area contributed by atoms with Crippen molar-refractivity contribution in [3.63, 3.8) is 0 Å². The van der Waals surface area contributed by atoms with Crippen molar-refractivity contribution in [1.29, 1.82) is 0 Å². The molecule has 1 N–H and O–H groups in total. The third kappa shape index (κ3) is 4.20. The van der Waals surface area contributed by atoms with E-state index in [1.807, 2.05) is 91.9 Å². The summed E-state index contributed by atoms with van der Waals surface area (Å²) in [5, 5.41) is 3.22. The summed E-state index contributed by atoms with van der Waals surface area (Å²) in [6.07, 6.45) is 0. The first-order chi connectivity index (χ1) is 14.1. The van der Waals surface area contributed by atoms with Crippen LogP contribution < -0.4 is 5.32 Å². The van der Waals surface area contributed by atoms with Crippen LogP contribution in [0.2, 0.25) is 0 Å². The van der Waals surface area contributed by atoms with Gasteiger partial charge in [-0.25, -0.2) is 4.99 Å². The Labute approximate surface area is 173 Å². The summed E-state index contributed by atoms with van der Waals surface area (Å²) < 4.78 is 0. The lowest BCUT2D eigenvalue weighted by Crippen LogP contribution is -2.13. The number of carbonyl (C=O) groups excluding carboxylic acids is 2. The molecule has 3 aromatic carbocycles. The number of aliphatic imine (C=N–C) groups is 1. The van der Waals surface area contributed by atoms with Crippen LogP contribution >= 0.6 is 11.8 Å². The molecule has 0 saturated carbocycles. The predicted molar refractivity (Wildman–Crippen MR) is 119 cm³/mol. The van der Waals surface area contributed by atoms with E-state index in [1.54, 1.807) is 0 Å². The second kappa shape index (κ2) is 8.29. The number of Topliss-reactive ketones (excluding diaryl/α,β-unsaturated/α-hetero) is 1. The Hall–Kier alpha value is -3.44. The molecular weight excluding hydrogens is 380 g/mol. The molecule has 0 aromatic heterocycles. The first-order valence-corrected chi connectivity index (χ1v) is 9.97. The van der Waals surface area contributed by atoms with Crippen LogP contribution in [0.3, 0.4) is 0 Å². The molecule has 0 bridgehead atoms. The number of ketones is 1. The number of nitrogens with zero attached hydrogens (tertiary/aromatic N) is 1. The third-order valence-electron chi connectivity index (χ3n) is 4.44. The van der Waals surface area contributed by atoms with Crippen molar-refractivity contribution in [2.45, 2.75) is 6.92 Å². The first-order valence-electron chi connectivity index (χ1n) is 9.16. The van der Waals surface area contributed by atoms with Crippen LogP contribution in [0.25, 0.3) is 5.70 Å². The quantitative estimate of drug-likeness (QED) is 0.473. The Morgan fingerprint density at radius 1 is 0.828 bits per heavy atom. The highest BCUT2D eigenvalue weighted by molar-refractivity contribution is 8.29. The number of rotatable bonds is 4. The van der Waals surface area contributed by atoms with Crippen molar-refractivity contribution < 1.29 is 9.59 Å². The molecular formula is C24H18N2O2S. The SMILES string of the molecule is Cc1ccc(/C(Nc2ccccc2)=C2\C(=O)C(=O)SC2=Nc2ccccc2)cc1. The van der Waals surface area contributed by atoms with Gasteiger partial charge in [0.1, 0.15) is 5.04 Å². The van der Waals surface area contributed by atoms with Crippen molar-refractivity contribution in [3.05, 3.63) is 102 Å². The van der Waals surface area contributed by atoms with Crippen LogP contribution in [0.4, 0.5) is 11.4 Å². The standard InChI is InChI=1S/C24H18N2O2S/c1-16-12-14-17(15-13-16)21(25-18-8-4-2-5-9-18)20-22(27)24(28)29-23(20)26-19-10-6-3-7-11-19/h2-15,25H,1H3/b21-20-,26-23?. The fourth-order valence-corrected chi connectivity index (χ4v) is 3.79. The van der Waals surface area contributed by atoms with E-state index in [9.17, 15) is 9.59 Å². The van der Waals surface area contributed by atoms with E-state index in [2.05, 4.69) is 10.3 Å². The lowest BCUT2D eigenvalue weighted by atomic mass is 10.0. The molecule has 0 atom stereocenters. The van der Waals surface area contributed by atoms with E-state index in [4.69, 9.17) is 0 Å². The Balaban J connectivity index is 1.90. The number of hydrogen-bond acceptors (Lipinski definition) is 5. The predicted octanol–water partition coefficient (Wildman–Crippen LogP) is 5.39. The molecule has 142 valence electrons. The van der Waals surface area contributed by atoms with Crippen molar-refractivity contribution in [1.82, 2.24) is 0 Å². The average molecular weight is 398 g/mol. The summed E-state index contributed by atoms with van der Waals surface area (Å²) >= 11 is 0.877. The highest BCUT2D eigenvalue weighted by Gasteiger charge is 2.37. The molecule has 1 fully saturated rings. The minimum atomic E-state index is -0.538. The fraction of sp³-hybridized carbons (Fsp3) is 0.0417. The van der Waals surface area contributed by atoms with Gasteiger partial charge in [0.25, 0.3) is 5.12 Å². The highest BCUT2D eigenvalue weighted by Crippen LogP contribution is 2.34. The fourth-order valence-electron chi connectivity index (χ4n) is 2.97. The van der Waals surface area contributed by atoms with Crippen molar-refractivity contribution in [3.8, 4) is 0 Å². The summed E-state index contributed by atoms with van der Waals surface area (Å²) in [6.45, 7) is 2.00. The van der Waals surface area contributed by atoms with Gasteiger partial charge in [-0.05, 0) is 48.5 Å². The van der Waals surface area contributed by atoms with Crippen molar-refractivity contribution >= 4 is 44.8 Å². The number of nitrogens with one attached hydrogen (secondary N) is 1. The maximum Gasteiger partial charge on any atom is 0.266 e. The van der Waals surface area contributed by atoms with Crippen LogP contribution in [0.5, 0.6) is 0 Å². The van der Waals surface area contributed by atoms with E-state index in [1.165, 1.54) is 0 Å². The topological polar surface area (TPSA) is 58.5 Å². The normalized spacial score (nSPS) is 16.9. The van der Waals surface area contributed by atoms with E-state index < -0.39 is 10.9 Å². The molecule has 1 aliphatic rings. The van der Waals surface area contributed by atoms with Crippen LogP contribution in [-0.4, -0.2) is 15.9 Å². The minimum Gasteiger partial charge on any atom is -0.354 e. The molecule has 1 aliphatic heterocycles. The van der Waals surface area contributed by atoms with Gasteiger partial charge in [0.15, 0.2) is 0 Å².